The summed E-state index contributed by atoms with van der Waals surface area (Å²) in [5, 5.41) is -6.98. The first kappa shape index (κ1) is 27.8. The summed E-state index contributed by atoms with van der Waals surface area (Å²) in [6, 6.07) is 16.6. The number of benzene rings is 3. The maximum atomic E-state index is 14.4. The molecule has 0 spiro atoms. The number of fused-ring (bicyclic) bond motifs is 3. The highest BCUT2D eigenvalue weighted by molar-refractivity contribution is 7.88. The van der Waals surface area contributed by atoms with E-state index in [1.54, 1.807) is 44.2 Å². The van der Waals surface area contributed by atoms with Gasteiger partial charge in [-0.15, -0.1) is 0 Å². The monoisotopic (exact) mass is 568 g/mol. The molecule has 38 heavy (non-hydrogen) atoms. The van der Waals surface area contributed by atoms with Crippen molar-refractivity contribution in [1.82, 2.24) is 0 Å². The Bertz CT molecular complexity index is 1500. The number of rotatable bonds is 6. The average Bonchev–Trinajstić information content (AvgIpc) is 3.04. The third-order valence-electron chi connectivity index (χ3n) is 6.40. The molecule has 0 aliphatic heterocycles. The fourth-order valence-corrected chi connectivity index (χ4v) is 5.25. The van der Waals surface area contributed by atoms with E-state index in [2.05, 4.69) is 4.18 Å². The van der Waals surface area contributed by atoms with E-state index in [9.17, 15) is 47.9 Å². The molecule has 204 valence electrons. The normalized spacial score (nSPS) is 15.7. The van der Waals surface area contributed by atoms with Crippen molar-refractivity contribution in [3.05, 3.63) is 77.9 Å². The minimum absolute atomic E-state index is 0.165. The van der Waals surface area contributed by atoms with Gasteiger partial charge in [0.15, 0.2) is 5.75 Å². The molecule has 1 aliphatic carbocycles. The van der Waals surface area contributed by atoms with Gasteiger partial charge in [-0.2, -0.15) is 47.9 Å². The molecule has 0 aromatic heterocycles. The minimum Gasteiger partial charge on any atom is -0.377 e. The third-order valence-corrected chi connectivity index (χ3v) is 7.68. The summed E-state index contributed by atoms with van der Waals surface area (Å²) in [6.45, 7) is 3.40. The van der Waals surface area contributed by atoms with Gasteiger partial charge in [0.1, 0.15) is 0 Å². The first-order chi connectivity index (χ1) is 17.3. The van der Waals surface area contributed by atoms with Crippen molar-refractivity contribution in [2.75, 3.05) is 0 Å². The van der Waals surface area contributed by atoms with E-state index in [0.29, 0.717) is 16.7 Å². The van der Waals surface area contributed by atoms with Crippen LogP contribution in [0.4, 0.5) is 39.5 Å². The van der Waals surface area contributed by atoms with Crippen LogP contribution in [0.25, 0.3) is 22.3 Å². The zero-order valence-electron chi connectivity index (χ0n) is 19.4. The zero-order valence-corrected chi connectivity index (χ0v) is 20.2. The number of hydrogen-bond acceptors (Lipinski definition) is 3. The Kier molecular flexibility index (Phi) is 6.14. The Morgan fingerprint density at radius 1 is 0.658 bits per heavy atom. The van der Waals surface area contributed by atoms with Crippen LogP contribution >= 0.6 is 0 Å². The Hall–Kier alpha value is -3.22. The molecule has 3 nitrogen and oxygen atoms in total. The van der Waals surface area contributed by atoms with Gasteiger partial charge < -0.3 is 4.18 Å². The van der Waals surface area contributed by atoms with E-state index >= 15 is 0 Å². The molecule has 1 aliphatic rings. The number of hydrogen-bond donors (Lipinski definition) is 0. The fraction of sp³-hybridized carbons (Fsp3) is 0.280. The quantitative estimate of drug-likeness (QED) is 0.225. The zero-order chi connectivity index (χ0) is 28.5. The van der Waals surface area contributed by atoms with E-state index in [0.717, 1.165) is 11.6 Å². The molecule has 0 bridgehead atoms. The molecule has 3 aromatic carbocycles. The highest BCUT2D eigenvalue weighted by Crippen LogP contribution is 2.56. The lowest BCUT2D eigenvalue weighted by molar-refractivity contribution is -0.382. The van der Waals surface area contributed by atoms with Crippen LogP contribution in [0.1, 0.15) is 25.0 Å². The van der Waals surface area contributed by atoms with Crippen LogP contribution in [0, 0.1) is 0 Å². The van der Waals surface area contributed by atoms with Crippen LogP contribution in [-0.4, -0.2) is 31.7 Å². The van der Waals surface area contributed by atoms with Crippen molar-refractivity contribution in [3.63, 3.8) is 0 Å². The SMILES string of the molecule is CC1(C)c2ccccc2-c2cc(-c3ccccc3)c(OS(=O)(=O)C(F)(F)C(F)(F)C(F)(F)C(F)(F)F)cc21. The number of halogens is 9. The van der Waals surface area contributed by atoms with E-state index in [-0.39, 0.29) is 11.1 Å². The molecule has 0 fully saturated rings. The summed E-state index contributed by atoms with van der Waals surface area (Å²) in [6.07, 6.45) is -7.19. The lowest BCUT2D eigenvalue weighted by Gasteiger charge is -2.32. The van der Waals surface area contributed by atoms with E-state index in [1.807, 2.05) is 0 Å². The number of alkyl halides is 9. The van der Waals surface area contributed by atoms with Gasteiger partial charge in [0.05, 0.1) is 0 Å². The first-order valence-corrected chi connectivity index (χ1v) is 12.2. The van der Waals surface area contributed by atoms with Crippen LogP contribution < -0.4 is 4.18 Å². The molecule has 0 saturated carbocycles. The highest BCUT2D eigenvalue weighted by Gasteiger charge is 2.86. The summed E-state index contributed by atoms with van der Waals surface area (Å²) in [4.78, 5) is 0. The molecule has 0 atom stereocenters. The van der Waals surface area contributed by atoms with Crippen molar-refractivity contribution in [2.24, 2.45) is 0 Å². The molecular formula is C25H17F9O3S. The molecule has 0 saturated heterocycles. The van der Waals surface area contributed by atoms with Crippen LogP contribution in [-0.2, 0) is 15.5 Å². The molecule has 0 amide bonds. The average molecular weight is 568 g/mol. The van der Waals surface area contributed by atoms with Gasteiger partial charge in [-0.3, -0.25) is 0 Å². The van der Waals surface area contributed by atoms with Gasteiger partial charge in [-0.25, -0.2) is 0 Å². The topological polar surface area (TPSA) is 43.4 Å². The molecule has 0 unspecified atom stereocenters. The molecule has 0 heterocycles. The van der Waals surface area contributed by atoms with Crippen LogP contribution in [0.15, 0.2) is 66.7 Å². The summed E-state index contributed by atoms with van der Waals surface area (Å²) in [5.41, 5.74) is 1.37. The molecule has 13 heteroatoms. The van der Waals surface area contributed by atoms with Crippen molar-refractivity contribution >= 4 is 10.1 Å². The maximum absolute atomic E-state index is 14.4. The molecular weight excluding hydrogens is 551 g/mol. The summed E-state index contributed by atoms with van der Waals surface area (Å²) in [5.74, 6) is -15.8. The highest BCUT2D eigenvalue weighted by atomic mass is 32.2. The van der Waals surface area contributed by atoms with Gasteiger partial charge in [0, 0.05) is 11.0 Å². The second-order valence-electron chi connectivity index (χ2n) is 9.13. The van der Waals surface area contributed by atoms with E-state index in [1.165, 1.54) is 30.3 Å². The largest absolute Gasteiger partial charge is 0.460 e. The maximum Gasteiger partial charge on any atom is 0.460 e. The summed E-state index contributed by atoms with van der Waals surface area (Å²) < 4.78 is 150. The predicted octanol–water partition coefficient (Wildman–Crippen LogP) is 7.79. The standard InChI is InChI=1S/C25H17F9O3S/c1-21(2)18-11-7-6-10-15(18)17-12-16(14-8-4-3-5-9-14)20(13-19(17)21)37-38(35,36)25(33,34)23(28,29)22(26,27)24(30,31)32/h3-13H,1-2H3. The summed E-state index contributed by atoms with van der Waals surface area (Å²) in [7, 11) is -7.13. The molecule has 4 rings (SSSR count). The van der Waals surface area contributed by atoms with Crippen molar-refractivity contribution in [2.45, 2.75) is 42.5 Å². The van der Waals surface area contributed by atoms with Crippen LogP contribution in [0.5, 0.6) is 5.75 Å². The molecule has 3 aromatic rings. The van der Waals surface area contributed by atoms with Crippen LogP contribution in [0.3, 0.4) is 0 Å². The molecule has 0 radical (unpaired) electrons. The Morgan fingerprint density at radius 2 is 1.21 bits per heavy atom. The minimum atomic E-state index is -7.41. The van der Waals surface area contributed by atoms with Crippen molar-refractivity contribution < 1.29 is 52.1 Å². The first-order valence-electron chi connectivity index (χ1n) is 10.8. The Labute approximate surface area is 211 Å². The second-order valence-corrected chi connectivity index (χ2v) is 10.7. The Morgan fingerprint density at radius 3 is 1.79 bits per heavy atom. The van der Waals surface area contributed by atoms with Crippen molar-refractivity contribution in [1.29, 1.82) is 0 Å². The smallest absolute Gasteiger partial charge is 0.377 e. The fourth-order valence-electron chi connectivity index (χ4n) is 4.33. The van der Waals surface area contributed by atoms with Crippen LogP contribution in [0.2, 0.25) is 0 Å². The molecule has 0 N–H and O–H groups in total. The van der Waals surface area contributed by atoms with E-state index < -0.39 is 44.6 Å². The third kappa shape index (κ3) is 3.85. The van der Waals surface area contributed by atoms with Gasteiger partial charge >= 0.3 is 33.4 Å². The lowest BCUT2D eigenvalue weighted by atomic mass is 9.82. The predicted molar refractivity (Wildman–Crippen MR) is 120 cm³/mol. The van der Waals surface area contributed by atoms with Gasteiger partial charge in [-0.1, -0.05) is 68.4 Å². The lowest BCUT2D eigenvalue weighted by Crippen LogP contribution is -2.63. The van der Waals surface area contributed by atoms with Crippen molar-refractivity contribution in [3.8, 4) is 28.0 Å². The van der Waals surface area contributed by atoms with E-state index in [4.69, 9.17) is 0 Å². The van der Waals surface area contributed by atoms with Gasteiger partial charge in [0.25, 0.3) is 0 Å². The van der Waals surface area contributed by atoms with Gasteiger partial charge in [-0.05, 0) is 39.9 Å². The second kappa shape index (κ2) is 8.39. The Balaban J connectivity index is 1.91. The van der Waals surface area contributed by atoms with Gasteiger partial charge in [0.2, 0.25) is 0 Å². The summed E-state index contributed by atoms with van der Waals surface area (Å²) >= 11 is 0.